The van der Waals surface area contributed by atoms with Crippen LogP contribution in [0.5, 0.6) is 0 Å². The molecule has 3 unspecified atom stereocenters. The molecule has 0 bridgehead atoms. The summed E-state index contributed by atoms with van der Waals surface area (Å²) >= 11 is 6.14. The molecule has 5 nitrogen and oxygen atoms in total. The highest BCUT2D eigenvalue weighted by atomic mass is 35.5. The first kappa shape index (κ1) is 13.6. The fourth-order valence-electron chi connectivity index (χ4n) is 3.29. The van der Waals surface area contributed by atoms with E-state index in [0.29, 0.717) is 23.1 Å². The van der Waals surface area contributed by atoms with Crippen molar-refractivity contribution in [1.82, 2.24) is 0 Å². The molecule has 2 aliphatic rings. The number of nitrogens with one attached hydrogen (secondary N) is 1. The van der Waals surface area contributed by atoms with Gasteiger partial charge in [-0.05, 0) is 31.7 Å². The van der Waals surface area contributed by atoms with Gasteiger partial charge in [0.2, 0.25) is 0 Å². The smallest absolute Gasteiger partial charge is 0.271 e. The number of fused-ring (bicyclic) bond motifs is 1. The van der Waals surface area contributed by atoms with Crippen LogP contribution in [0.15, 0.2) is 18.2 Å². The van der Waals surface area contributed by atoms with Gasteiger partial charge >= 0.3 is 0 Å². The molecule has 6 heteroatoms. The number of non-ortho nitro benzene ring substituents is 1. The summed E-state index contributed by atoms with van der Waals surface area (Å²) in [5.74, 6) is 0.523. The Labute approximate surface area is 122 Å². The lowest BCUT2D eigenvalue weighted by molar-refractivity contribution is -0.384. The maximum absolute atomic E-state index is 10.7. The van der Waals surface area contributed by atoms with Crippen molar-refractivity contribution in [3.63, 3.8) is 0 Å². The lowest BCUT2D eigenvalue weighted by atomic mass is 9.81. The van der Waals surface area contributed by atoms with Crippen LogP contribution in [-0.4, -0.2) is 23.7 Å². The number of hydrogen-bond donors (Lipinski definition) is 1. The third-order valence-electron chi connectivity index (χ3n) is 4.29. The number of halogens is 1. The highest BCUT2D eigenvalue weighted by molar-refractivity contribution is 6.33. The Kier molecular flexibility index (Phi) is 3.81. The van der Waals surface area contributed by atoms with Crippen molar-refractivity contribution < 1.29 is 9.66 Å². The Bertz CT molecular complexity index is 523. The van der Waals surface area contributed by atoms with Gasteiger partial charge in [-0.3, -0.25) is 10.1 Å². The zero-order valence-corrected chi connectivity index (χ0v) is 11.8. The number of nitrogens with zero attached hydrogens (tertiary/aromatic N) is 1. The van der Waals surface area contributed by atoms with Crippen LogP contribution in [0.2, 0.25) is 5.02 Å². The molecule has 0 spiro atoms. The number of hydrogen-bond acceptors (Lipinski definition) is 4. The molecule has 3 atom stereocenters. The summed E-state index contributed by atoms with van der Waals surface area (Å²) in [5, 5.41) is 14.6. The van der Waals surface area contributed by atoms with Gasteiger partial charge in [-0.2, -0.15) is 0 Å². The van der Waals surface area contributed by atoms with Crippen LogP contribution in [0.1, 0.15) is 25.7 Å². The fourth-order valence-corrected chi connectivity index (χ4v) is 3.52. The summed E-state index contributed by atoms with van der Waals surface area (Å²) in [7, 11) is 0. The number of rotatable bonds is 3. The van der Waals surface area contributed by atoms with E-state index in [4.69, 9.17) is 16.3 Å². The number of ether oxygens (including phenoxy) is 1. The molecule has 108 valence electrons. The number of nitro groups is 1. The van der Waals surface area contributed by atoms with Gasteiger partial charge in [0, 0.05) is 30.7 Å². The second-order valence-electron chi connectivity index (χ2n) is 5.46. The van der Waals surface area contributed by atoms with E-state index in [1.54, 1.807) is 6.07 Å². The Morgan fingerprint density at radius 3 is 2.95 bits per heavy atom. The third-order valence-corrected chi connectivity index (χ3v) is 4.60. The molecule has 0 radical (unpaired) electrons. The maximum atomic E-state index is 10.7. The van der Waals surface area contributed by atoms with Crippen molar-refractivity contribution in [2.45, 2.75) is 37.8 Å². The van der Waals surface area contributed by atoms with E-state index in [1.165, 1.54) is 12.1 Å². The highest BCUT2D eigenvalue weighted by Crippen LogP contribution is 2.37. The minimum absolute atomic E-state index is 0.0197. The molecule has 1 aliphatic carbocycles. The monoisotopic (exact) mass is 296 g/mol. The lowest BCUT2D eigenvalue weighted by Crippen LogP contribution is -2.38. The van der Waals surface area contributed by atoms with Gasteiger partial charge in [0.25, 0.3) is 5.69 Å². The number of benzene rings is 1. The number of nitro benzene ring substituents is 1. The SMILES string of the molecule is O=[N+]([O-])c1ccc(NC2CCCC3OCCC23)c(Cl)c1. The maximum Gasteiger partial charge on any atom is 0.271 e. The Morgan fingerprint density at radius 1 is 1.35 bits per heavy atom. The molecule has 1 saturated heterocycles. The molecule has 1 aromatic carbocycles. The molecule has 0 amide bonds. The van der Waals surface area contributed by atoms with Gasteiger partial charge in [-0.15, -0.1) is 0 Å². The van der Waals surface area contributed by atoms with E-state index in [0.717, 1.165) is 38.0 Å². The zero-order chi connectivity index (χ0) is 14.1. The van der Waals surface area contributed by atoms with Crippen molar-refractivity contribution in [2.24, 2.45) is 5.92 Å². The van der Waals surface area contributed by atoms with E-state index >= 15 is 0 Å². The average molecular weight is 297 g/mol. The van der Waals surface area contributed by atoms with Crippen LogP contribution in [0.25, 0.3) is 0 Å². The molecular formula is C14H17ClN2O3. The normalized spacial score (nSPS) is 28.9. The van der Waals surface area contributed by atoms with E-state index in [9.17, 15) is 10.1 Å². The molecular weight excluding hydrogens is 280 g/mol. The first-order chi connectivity index (χ1) is 9.65. The summed E-state index contributed by atoms with van der Waals surface area (Å²) in [4.78, 5) is 10.3. The zero-order valence-electron chi connectivity index (χ0n) is 11.0. The Hall–Kier alpha value is -1.33. The van der Waals surface area contributed by atoms with Crippen molar-refractivity contribution in [3.05, 3.63) is 33.3 Å². The predicted molar refractivity (Wildman–Crippen MR) is 77.2 cm³/mol. The van der Waals surface area contributed by atoms with Crippen molar-refractivity contribution >= 4 is 23.0 Å². The number of anilines is 1. The average Bonchev–Trinajstić information content (AvgIpc) is 2.90. The lowest BCUT2D eigenvalue weighted by Gasteiger charge is -2.34. The van der Waals surface area contributed by atoms with Gasteiger partial charge in [0.1, 0.15) is 0 Å². The van der Waals surface area contributed by atoms with E-state index in [1.807, 2.05) is 0 Å². The van der Waals surface area contributed by atoms with Gasteiger partial charge < -0.3 is 10.1 Å². The van der Waals surface area contributed by atoms with Crippen molar-refractivity contribution in [2.75, 3.05) is 11.9 Å². The first-order valence-electron chi connectivity index (χ1n) is 6.97. The van der Waals surface area contributed by atoms with Crippen LogP contribution in [0.3, 0.4) is 0 Å². The standard InChI is InChI=1S/C14H17ClN2O3/c15-11-8-9(17(18)19)4-5-13(11)16-12-2-1-3-14-10(12)6-7-20-14/h4-5,8,10,12,14,16H,1-3,6-7H2. The summed E-state index contributed by atoms with van der Waals surface area (Å²) in [6.45, 7) is 0.835. The van der Waals surface area contributed by atoms with Gasteiger partial charge in [0.15, 0.2) is 0 Å². The van der Waals surface area contributed by atoms with E-state index in [2.05, 4.69) is 5.32 Å². The molecule has 2 fully saturated rings. The summed E-state index contributed by atoms with van der Waals surface area (Å²) < 4.78 is 5.74. The minimum Gasteiger partial charge on any atom is -0.381 e. The first-order valence-corrected chi connectivity index (χ1v) is 7.35. The molecule has 1 saturated carbocycles. The summed E-state index contributed by atoms with van der Waals surface area (Å²) in [5.41, 5.74) is 0.793. The molecule has 1 aliphatic heterocycles. The van der Waals surface area contributed by atoms with Crippen LogP contribution in [-0.2, 0) is 4.74 Å². The minimum atomic E-state index is -0.433. The fraction of sp³-hybridized carbons (Fsp3) is 0.571. The van der Waals surface area contributed by atoms with Crippen molar-refractivity contribution in [3.8, 4) is 0 Å². The van der Waals surface area contributed by atoms with E-state index in [-0.39, 0.29) is 5.69 Å². The summed E-state index contributed by atoms with van der Waals surface area (Å²) in [6, 6.07) is 4.92. The second kappa shape index (κ2) is 5.58. The topological polar surface area (TPSA) is 64.4 Å². The second-order valence-corrected chi connectivity index (χ2v) is 5.87. The van der Waals surface area contributed by atoms with Gasteiger partial charge in [-0.25, -0.2) is 0 Å². The molecule has 3 rings (SSSR count). The van der Waals surface area contributed by atoms with Crippen LogP contribution in [0.4, 0.5) is 11.4 Å². The van der Waals surface area contributed by atoms with Crippen molar-refractivity contribution in [1.29, 1.82) is 0 Å². The largest absolute Gasteiger partial charge is 0.381 e. The van der Waals surface area contributed by atoms with E-state index < -0.39 is 4.92 Å². The third kappa shape index (κ3) is 2.60. The summed E-state index contributed by atoms with van der Waals surface area (Å²) in [6.07, 6.45) is 4.81. The molecule has 1 heterocycles. The quantitative estimate of drug-likeness (QED) is 0.683. The van der Waals surface area contributed by atoms with Gasteiger partial charge in [-0.1, -0.05) is 11.6 Å². The van der Waals surface area contributed by atoms with Crippen LogP contribution >= 0.6 is 11.6 Å². The van der Waals surface area contributed by atoms with Crippen LogP contribution in [0, 0.1) is 16.0 Å². The highest BCUT2D eigenvalue weighted by Gasteiger charge is 2.37. The Balaban J connectivity index is 1.75. The predicted octanol–water partition coefficient (Wildman–Crippen LogP) is 3.62. The molecule has 20 heavy (non-hydrogen) atoms. The molecule has 1 aromatic rings. The van der Waals surface area contributed by atoms with Crippen LogP contribution < -0.4 is 5.32 Å². The molecule has 1 N–H and O–H groups in total. The Morgan fingerprint density at radius 2 is 2.20 bits per heavy atom. The van der Waals surface area contributed by atoms with Gasteiger partial charge in [0.05, 0.1) is 21.7 Å². The molecule has 0 aromatic heterocycles.